The highest BCUT2D eigenvalue weighted by Gasteiger charge is 2.08. The number of primary sulfonamides is 1. The molecule has 0 radical (unpaired) electrons. The van der Waals surface area contributed by atoms with E-state index < -0.39 is 10.0 Å². The van der Waals surface area contributed by atoms with Crippen LogP contribution in [-0.2, 0) is 16.6 Å². The summed E-state index contributed by atoms with van der Waals surface area (Å²) in [7, 11) is -3.73. The molecule has 0 aromatic heterocycles. The smallest absolute Gasteiger partial charge is 0.238 e. The molecular formula is C13H13ClN2O3S. The summed E-state index contributed by atoms with van der Waals surface area (Å²) in [6.45, 7) is 0.306. The maximum absolute atomic E-state index is 11.3. The van der Waals surface area contributed by atoms with Crippen LogP contribution in [0, 0.1) is 0 Å². The Morgan fingerprint density at radius 3 is 2.65 bits per heavy atom. The summed E-state index contributed by atoms with van der Waals surface area (Å²) in [5.41, 5.74) is 1.19. The monoisotopic (exact) mass is 312 g/mol. The summed E-state index contributed by atoms with van der Waals surface area (Å²) >= 11 is 5.85. The fourth-order valence-corrected chi connectivity index (χ4v) is 2.43. The van der Waals surface area contributed by atoms with E-state index in [1.807, 2.05) is 0 Å². The maximum atomic E-state index is 11.3. The van der Waals surface area contributed by atoms with Crippen molar-refractivity contribution in [1.29, 1.82) is 0 Å². The van der Waals surface area contributed by atoms with Gasteiger partial charge in [-0.2, -0.15) is 0 Å². The first-order valence-electron chi connectivity index (χ1n) is 5.70. The molecule has 2 rings (SSSR count). The Labute approximate surface area is 122 Å². The minimum atomic E-state index is -3.73. The van der Waals surface area contributed by atoms with Crippen LogP contribution in [0.4, 0.5) is 5.69 Å². The molecule has 0 saturated carbocycles. The zero-order valence-electron chi connectivity index (χ0n) is 10.4. The molecule has 5 nitrogen and oxygen atoms in total. The Kier molecular flexibility index (Phi) is 4.17. The molecule has 106 valence electrons. The quantitative estimate of drug-likeness (QED) is 0.807. The minimum Gasteiger partial charge on any atom is -0.508 e. The number of aromatic hydroxyl groups is 1. The van der Waals surface area contributed by atoms with Crippen LogP contribution in [0.1, 0.15) is 5.56 Å². The summed E-state index contributed by atoms with van der Waals surface area (Å²) < 4.78 is 22.5. The molecular weight excluding hydrogens is 300 g/mol. The largest absolute Gasteiger partial charge is 0.508 e. The number of hydrogen-bond acceptors (Lipinski definition) is 4. The van der Waals surface area contributed by atoms with Crippen molar-refractivity contribution in [3.05, 3.63) is 53.1 Å². The van der Waals surface area contributed by atoms with E-state index in [0.717, 1.165) is 0 Å². The summed E-state index contributed by atoms with van der Waals surface area (Å²) in [4.78, 5) is 0.0258. The van der Waals surface area contributed by atoms with E-state index >= 15 is 0 Å². The SMILES string of the molecule is NS(=O)(=O)c1cccc(NCc2cc(Cl)ccc2O)c1. The Bertz CT molecular complexity index is 732. The van der Waals surface area contributed by atoms with E-state index in [9.17, 15) is 13.5 Å². The van der Waals surface area contributed by atoms with Gasteiger partial charge in [-0.25, -0.2) is 13.6 Å². The van der Waals surface area contributed by atoms with Gasteiger partial charge < -0.3 is 10.4 Å². The summed E-state index contributed by atoms with van der Waals surface area (Å²) in [6, 6.07) is 10.8. The van der Waals surface area contributed by atoms with Gasteiger partial charge in [-0.15, -0.1) is 0 Å². The highest BCUT2D eigenvalue weighted by Crippen LogP contribution is 2.23. The average Bonchev–Trinajstić information content (AvgIpc) is 2.39. The van der Waals surface area contributed by atoms with E-state index in [-0.39, 0.29) is 10.6 Å². The third-order valence-corrected chi connectivity index (χ3v) is 3.83. The van der Waals surface area contributed by atoms with Gasteiger partial charge in [0.05, 0.1) is 4.90 Å². The highest BCUT2D eigenvalue weighted by molar-refractivity contribution is 7.89. The van der Waals surface area contributed by atoms with Crippen LogP contribution in [0.25, 0.3) is 0 Å². The summed E-state index contributed by atoms with van der Waals surface area (Å²) in [6.07, 6.45) is 0. The lowest BCUT2D eigenvalue weighted by Crippen LogP contribution is -2.12. The second-order valence-electron chi connectivity index (χ2n) is 4.20. The molecule has 20 heavy (non-hydrogen) atoms. The van der Waals surface area contributed by atoms with E-state index in [2.05, 4.69) is 5.32 Å². The second kappa shape index (κ2) is 5.70. The minimum absolute atomic E-state index is 0.0258. The van der Waals surface area contributed by atoms with Crippen molar-refractivity contribution in [2.24, 2.45) is 5.14 Å². The van der Waals surface area contributed by atoms with Crippen LogP contribution in [0.2, 0.25) is 5.02 Å². The Morgan fingerprint density at radius 2 is 1.95 bits per heavy atom. The van der Waals surface area contributed by atoms with Crippen LogP contribution in [-0.4, -0.2) is 13.5 Å². The van der Waals surface area contributed by atoms with Crippen LogP contribution in [0.5, 0.6) is 5.75 Å². The van der Waals surface area contributed by atoms with Crippen molar-refractivity contribution in [3.63, 3.8) is 0 Å². The number of rotatable bonds is 4. The first kappa shape index (κ1) is 14.6. The molecule has 0 fully saturated rings. The predicted octanol–water partition coefficient (Wildman–Crippen LogP) is 2.31. The molecule has 0 aliphatic heterocycles. The molecule has 2 aromatic carbocycles. The molecule has 0 aliphatic carbocycles. The standard InChI is InChI=1S/C13H13ClN2O3S/c14-10-4-5-13(17)9(6-10)8-16-11-2-1-3-12(7-11)20(15,18)19/h1-7,16-17H,8H2,(H2,15,18,19). The molecule has 0 saturated heterocycles. The third kappa shape index (κ3) is 3.63. The number of anilines is 1. The normalized spacial score (nSPS) is 11.3. The van der Waals surface area contributed by atoms with Crippen molar-refractivity contribution in [3.8, 4) is 5.75 Å². The van der Waals surface area contributed by atoms with E-state index in [4.69, 9.17) is 16.7 Å². The Balaban J connectivity index is 2.17. The zero-order valence-corrected chi connectivity index (χ0v) is 11.9. The molecule has 0 aliphatic rings. The number of phenols is 1. The van der Waals surface area contributed by atoms with Crippen molar-refractivity contribution in [2.75, 3.05) is 5.32 Å². The second-order valence-corrected chi connectivity index (χ2v) is 6.20. The van der Waals surface area contributed by atoms with Crippen molar-refractivity contribution in [1.82, 2.24) is 0 Å². The van der Waals surface area contributed by atoms with Gasteiger partial charge in [-0.3, -0.25) is 0 Å². The Morgan fingerprint density at radius 1 is 1.20 bits per heavy atom. The molecule has 0 amide bonds. The lowest BCUT2D eigenvalue weighted by atomic mass is 10.2. The first-order valence-corrected chi connectivity index (χ1v) is 7.63. The molecule has 0 unspecified atom stereocenters. The van der Waals surface area contributed by atoms with Crippen molar-refractivity contribution < 1.29 is 13.5 Å². The van der Waals surface area contributed by atoms with Crippen LogP contribution in [0.15, 0.2) is 47.4 Å². The van der Waals surface area contributed by atoms with Gasteiger partial charge in [0.2, 0.25) is 10.0 Å². The average molecular weight is 313 g/mol. The van der Waals surface area contributed by atoms with E-state index in [1.54, 1.807) is 24.3 Å². The molecule has 0 heterocycles. The van der Waals surface area contributed by atoms with Crippen LogP contribution < -0.4 is 10.5 Å². The van der Waals surface area contributed by atoms with Crippen molar-refractivity contribution in [2.45, 2.75) is 11.4 Å². The molecule has 7 heteroatoms. The van der Waals surface area contributed by atoms with E-state index in [1.165, 1.54) is 18.2 Å². The number of hydrogen-bond donors (Lipinski definition) is 3. The highest BCUT2D eigenvalue weighted by atomic mass is 35.5. The van der Waals surface area contributed by atoms with Gasteiger partial charge in [0.25, 0.3) is 0 Å². The van der Waals surface area contributed by atoms with Gasteiger partial charge in [0.15, 0.2) is 0 Å². The van der Waals surface area contributed by atoms with Gasteiger partial charge >= 0.3 is 0 Å². The van der Waals surface area contributed by atoms with Crippen molar-refractivity contribution >= 4 is 27.3 Å². The molecule has 0 atom stereocenters. The number of nitrogens with two attached hydrogens (primary N) is 1. The number of phenolic OH excluding ortho intramolecular Hbond substituents is 1. The fraction of sp³-hybridized carbons (Fsp3) is 0.0769. The molecule has 0 spiro atoms. The maximum Gasteiger partial charge on any atom is 0.238 e. The molecule has 4 N–H and O–H groups in total. The third-order valence-electron chi connectivity index (χ3n) is 2.69. The van der Waals surface area contributed by atoms with Gasteiger partial charge in [-0.1, -0.05) is 17.7 Å². The molecule has 0 bridgehead atoms. The van der Waals surface area contributed by atoms with Gasteiger partial charge in [-0.05, 0) is 36.4 Å². The fourth-order valence-electron chi connectivity index (χ4n) is 1.68. The number of sulfonamides is 1. The summed E-state index contributed by atoms with van der Waals surface area (Å²) in [5.74, 6) is 0.115. The lowest BCUT2D eigenvalue weighted by Gasteiger charge is -2.09. The van der Waals surface area contributed by atoms with Crippen LogP contribution in [0.3, 0.4) is 0 Å². The number of benzene rings is 2. The van der Waals surface area contributed by atoms with Crippen LogP contribution >= 0.6 is 11.6 Å². The molecule has 2 aromatic rings. The summed E-state index contributed by atoms with van der Waals surface area (Å²) in [5, 5.41) is 18.3. The number of halogens is 1. The van der Waals surface area contributed by atoms with E-state index in [0.29, 0.717) is 22.8 Å². The zero-order chi connectivity index (χ0) is 14.8. The predicted molar refractivity (Wildman–Crippen MR) is 78.3 cm³/mol. The first-order chi connectivity index (χ1) is 9.36. The van der Waals surface area contributed by atoms with Gasteiger partial charge in [0, 0.05) is 22.8 Å². The number of nitrogens with one attached hydrogen (secondary N) is 1. The lowest BCUT2D eigenvalue weighted by molar-refractivity contribution is 0.469. The van der Waals surface area contributed by atoms with Gasteiger partial charge in [0.1, 0.15) is 5.75 Å². The Hall–Kier alpha value is -1.76. The topological polar surface area (TPSA) is 92.4 Å².